The van der Waals surface area contributed by atoms with E-state index in [0.717, 1.165) is 11.3 Å². The first-order chi connectivity index (χ1) is 8.00. The molecule has 1 aliphatic heterocycles. The number of aliphatic hydroxyl groups excluding tert-OH is 1. The van der Waals surface area contributed by atoms with Gasteiger partial charge in [-0.2, -0.15) is 0 Å². The van der Waals surface area contributed by atoms with E-state index in [1.807, 2.05) is 18.2 Å². The molecule has 1 unspecified atom stereocenters. The lowest BCUT2D eigenvalue weighted by Gasteiger charge is -2.32. The molecule has 0 radical (unpaired) electrons. The highest BCUT2D eigenvalue weighted by molar-refractivity contribution is 5.93. The summed E-state index contributed by atoms with van der Waals surface area (Å²) in [7, 11) is 0. The van der Waals surface area contributed by atoms with Gasteiger partial charge < -0.3 is 10.0 Å². The molecular weight excluding hydrogens is 214 g/mol. The smallest absolute Gasteiger partial charge is 0.223 e. The van der Waals surface area contributed by atoms with E-state index < -0.39 is 6.10 Å². The topological polar surface area (TPSA) is 40.5 Å². The molecule has 1 aliphatic rings. The zero-order valence-corrected chi connectivity index (χ0v) is 10.6. The third kappa shape index (κ3) is 2.20. The Bertz CT molecular complexity index is 440. The van der Waals surface area contributed by atoms with E-state index >= 15 is 0 Å². The number of aliphatic hydroxyl groups is 1. The van der Waals surface area contributed by atoms with Gasteiger partial charge in [0.2, 0.25) is 5.91 Å². The zero-order valence-electron chi connectivity index (χ0n) is 10.6. The number of anilines is 1. The molecule has 0 spiro atoms. The molecule has 0 bridgehead atoms. The first-order valence-electron chi connectivity index (χ1n) is 6.10. The lowest BCUT2D eigenvalue weighted by atomic mass is 9.93. The molecule has 0 saturated heterocycles. The summed E-state index contributed by atoms with van der Waals surface area (Å²) in [5.41, 5.74) is 2.95. The largest absolute Gasteiger partial charge is 0.388 e. The molecule has 0 saturated carbocycles. The van der Waals surface area contributed by atoms with Crippen molar-refractivity contribution in [3.8, 4) is 0 Å². The number of carbonyl (C=O) groups excluding carboxylic acids is 1. The second-order valence-electron chi connectivity index (χ2n) is 4.95. The molecule has 0 fully saturated rings. The number of benzene rings is 1. The summed E-state index contributed by atoms with van der Waals surface area (Å²) in [6.45, 7) is 6.42. The van der Waals surface area contributed by atoms with E-state index in [-0.39, 0.29) is 5.91 Å². The van der Waals surface area contributed by atoms with Crippen molar-refractivity contribution in [1.82, 2.24) is 0 Å². The van der Waals surface area contributed by atoms with Crippen LogP contribution in [-0.2, 0) is 4.79 Å². The second kappa shape index (κ2) is 4.49. The Kier molecular flexibility index (Phi) is 3.20. The van der Waals surface area contributed by atoms with E-state index in [4.69, 9.17) is 0 Å². The minimum Gasteiger partial charge on any atom is -0.388 e. The Balaban J connectivity index is 2.47. The Hall–Kier alpha value is -1.35. The van der Waals surface area contributed by atoms with Crippen molar-refractivity contribution in [1.29, 1.82) is 0 Å². The molecule has 3 nitrogen and oxygen atoms in total. The molecule has 1 amide bonds. The number of rotatable bonds is 1. The van der Waals surface area contributed by atoms with Crippen LogP contribution in [0.2, 0.25) is 0 Å². The van der Waals surface area contributed by atoms with Crippen molar-refractivity contribution in [3.05, 3.63) is 29.3 Å². The Morgan fingerprint density at radius 1 is 1.47 bits per heavy atom. The van der Waals surface area contributed by atoms with Crippen LogP contribution < -0.4 is 4.90 Å². The van der Waals surface area contributed by atoms with Crippen molar-refractivity contribution in [3.63, 3.8) is 0 Å². The first kappa shape index (κ1) is 12.1. The third-order valence-corrected chi connectivity index (χ3v) is 3.37. The van der Waals surface area contributed by atoms with E-state index in [0.29, 0.717) is 18.9 Å². The molecule has 1 aromatic rings. The van der Waals surface area contributed by atoms with Gasteiger partial charge in [0, 0.05) is 24.7 Å². The van der Waals surface area contributed by atoms with Gasteiger partial charge in [-0.3, -0.25) is 4.79 Å². The highest BCUT2D eigenvalue weighted by Crippen LogP contribution is 2.35. The van der Waals surface area contributed by atoms with Gasteiger partial charge in [0.15, 0.2) is 0 Å². The van der Waals surface area contributed by atoms with Crippen LogP contribution in [0.3, 0.4) is 0 Å². The second-order valence-corrected chi connectivity index (χ2v) is 4.95. The fraction of sp³-hybridized carbons (Fsp3) is 0.500. The SMILES string of the molecule is CC(=O)N1CCC(O)c2cc(C(C)C)ccc21. The Labute approximate surface area is 102 Å². The number of amides is 1. The van der Waals surface area contributed by atoms with Gasteiger partial charge in [-0.1, -0.05) is 26.0 Å². The summed E-state index contributed by atoms with van der Waals surface area (Å²) in [4.78, 5) is 13.3. The summed E-state index contributed by atoms with van der Waals surface area (Å²) in [5.74, 6) is 0.468. The monoisotopic (exact) mass is 233 g/mol. The summed E-state index contributed by atoms with van der Waals surface area (Å²) in [6.07, 6.45) is 0.174. The van der Waals surface area contributed by atoms with Crippen molar-refractivity contribution >= 4 is 11.6 Å². The van der Waals surface area contributed by atoms with Crippen LogP contribution in [0.5, 0.6) is 0 Å². The van der Waals surface area contributed by atoms with E-state index in [1.54, 1.807) is 11.8 Å². The molecule has 17 heavy (non-hydrogen) atoms. The Morgan fingerprint density at radius 3 is 2.76 bits per heavy atom. The van der Waals surface area contributed by atoms with Crippen molar-refractivity contribution in [2.75, 3.05) is 11.4 Å². The molecule has 92 valence electrons. The highest BCUT2D eigenvalue weighted by Gasteiger charge is 2.26. The average molecular weight is 233 g/mol. The van der Waals surface area contributed by atoms with Crippen LogP contribution in [0.1, 0.15) is 50.3 Å². The normalized spacial score (nSPS) is 19.4. The molecule has 2 rings (SSSR count). The number of carbonyl (C=O) groups is 1. The van der Waals surface area contributed by atoms with Crippen molar-refractivity contribution < 1.29 is 9.90 Å². The molecule has 1 heterocycles. The van der Waals surface area contributed by atoms with E-state index in [9.17, 15) is 9.90 Å². The van der Waals surface area contributed by atoms with Crippen molar-refractivity contribution in [2.24, 2.45) is 0 Å². The molecule has 1 N–H and O–H groups in total. The number of nitrogens with zero attached hydrogens (tertiary/aromatic N) is 1. The number of hydrogen-bond donors (Lipinski definition) is 1. The maximum Gasteiger partial charge on any atom is 0.223 e. The summed E-state index contributed by atoms with van der Waals surface area (Å²) < 4.78 is 0. The van der Waals surface area contributed by atoms with Crippen LogP contribution in [0.15, 0.2) is 18.2 Å². The van der Waals surface area contributed by atoms with Gasteiger partial charge >= 0.3 is 0 Å². The van der Waals surface area contributed by atoms with E-state index in [1.165, 1.54) is 5.56 Å². The van der Waals surface area contributed by atoms with Gasteiger partial charge in [0.05, 0.1) is 6.10 Å². The maximum absolute atomic E-state index is 11.5. The summed E-state index contributed by atoms with van der Waals surface area (Å²) in [6, 6.07) is 6.02. The summed E-state index contributed by atoms with van der Waals surface area (Å²) in [5, 5.41) is 10.0. The molecule has 0 aromatic heterocycles. The van der Waals surface area contributed by atoms with E-state index in [2.05, 4.69) is 13.8 Å². The fourth-order valence-corrected chi connectivity index (χ4v) is 2.30. The average Bonchev–Trinajstić information content (AvgIpc) is 2.28. The van der Waals surface area contributed by atoms with Gasteiger partial charge in [-0.25, -0.2) is 0 Å². The van der Waals surface area contributed by atoms with Crippen LogP contribution >= 0.6 is 0 Å². The quantitative estimate of drug-likeness (QED) is 0.810. The lowest BCUT2D eigenvalue weighted by molar-refractivity contribution is -0.116. The molecule has 3 heteroatoms. The van der Waals surface area contributed by atoms with Crippen LogP contribution in [0.4, 0.5) is 5.69 Å². The molecule has 0 aliphatic carbocycles. The minimum atomic E-state index is -0.445. The molecule has 1 atom stereocenters. The van der Waals surface area contributed by atoms with Gasteiger partial charge in [-0.15, -0.1) is 0 Å². The van der Waals surface area contributed by atoms with Crippen molar-refractivity contribution in [2.45, 2.75) is 39.2 Å². The first-order valence-corrected chi connectivity index (χ1v) is 6.10. The van der Waals surface area contributed by atoms with Crippen LogP contribution in [0, 0.1) is 0 Å². The molecular formula is C14H19NO2. The Morgan fingerprint density at radius 2 is 2.18 bits per heavy atom. The van der Waals surface area contributed by atoms with Crippen LogP contribution in [0.25, 0.3) is 0 Å². The lowest BCUT2D eigenvalue weighted by Crippen LogP contribution is -2.35. The van der Waals surface area contributed by atoms with Crippen LogP contribution in [-0.4, -0.2) is 17.6 Å². The van der Waals surface area contributed by atoms with Gasteiger partial charge in [0.1, 0.15) is 0 Å². The summed E-state index contributed by atoms with van der Waals surface area (Å²) >= 11 is 0. The van der Waals surface area contributed by atoms with Gasteiger partial charge in [-0.05, 0) is 24.0 Å². The number of fused-ring (bicyclic) bond motifs is 1. The fourth-order valence-electron chi connectivity index (χ4n) is 2.30. The molecule has 1 aromatic carbocycles. The minimum absolute atomic E-state index is 0.0375. The number of hydrogen-bond acceptors (Lipinski definition) is 2. The van der Waals surface area contributed by atoms with Gasteiger partial charge in [0.25, 0.3) is 0 Å². The highest BCUT2D eigenvalue weighted by atomic mass is 16.3. The maximum atomic E-state index is 11.5. The predicted molar refractivity (Wildman–Crippen MR) is 68.1 cm³/mol. The predicted octanol–water partition coefficient (Wildman–Crippen LogP) is 2.60. The zero-order chi connectivity index (χ0) is 12.6. The third-order valence-electron chi connectivity index (χ3n) is 3.37. The standard InChI is InChI=1S/C14H19NO2/c1-9(2)11-4-5-13-12(8-11)14(17)6-7-15(13)10(3)16/h4-5,8-9,14,17H,6-7H2,1-3H3.